The number of piperidine rings is 1. The van der Waals surface area contributed by atoms with Crippen LogP contribution in [0.1, 0.15) is 57.7 Å². The van der Waals surface area contributed by atoms with Crippen LogP contribution in [0.15, 0.2) is 47.3 Å². The average Bonchev–Trinajstić information content (AvgIpc) is 2.81. The molecule has 0 amide bonds. The van der Waals surface area contributed by atoms with Crippen LogP contribution in [0.25, 0.3) is 10.8 Å². The van der Waals surface area contributed by atoms with Gasteiger partial charge in [-0.2, -0.15) is 0 Å². The Morgan fingerprint density at radius 1 is 1.12 bits per heavy atom. The second kappa shape index (κ2) is 9.79. The summed E-state index contributed by atoms with van der Waals surface area (Å²) < 4.78 is 22.0. The van der Waals surface area contributed by atoms with Gasteiger partial charge in [-0.25, -0.2) is 4.39 Å². The Morgan fingerprint density at radius 3 is 2.53 bits per heavy atom. The third-order valence-electron chi connectivity index (χ3n) is 7.09. The van der Waals surface area contributed by atoms with E-state index in [9.17, 15) is 9.18 Å². The molecule has 0 radical (unpaired) electrons. The molecule has 2 aromatic carbocycles. The van der Waals surface area contributed by atoms with Crippen LogP contribution in [0.3, 0.4) is 0 Å². The zero-order chi connectivity index (χ0) is 24.5. The summed E-state index contributed by atoms with van der Waals surface area (Å²) in [5.74, 6) is 0.494. The molecule has 1 aliphatic heterocycles. The summed E-state index contributed by atoms with van der Waals surface area (Å²) in [6.45, 7) is 11.5. The van der Waals surface area contributed by atoms with Crippen LogP contribution in [0.4, 0.5) is 15.9 Å². The van der Waals surface area contributed by atoms with Crippen molar-refractivity contribution in [2.45, 2.75) is 53.2 Å². The number of halogens is 1. The summed E-state index contributed by atoms with van der Waals surface area (Å²) in [4.78, 5) is 15.6. The van der Waals surface area contributed by atoms with Crippen molar-refractivity contribution in [1.82, 2.24) is 4.57 Å². The van der Waals surface area contributed by atoms with Crippen molar-refractivity contribution in [2.24, 2.45) is 12.5 Å². The number of anilines is 2. The van der Waals surface area contributed by atoms with Gasteiger partial charge in [-0.1, -0.05) is 32.0 Å². The zero-order valence-corrected chi connectivity index (χ0v) is 21.0. The SMILES string of the molecule is CCOCc1ccccc1N[C@H](C)c1cc(F)cc2c(=O)n(C)c(N3CCC(C)(C)CC3)cc12. The number of aromatic nitrogens is 1. The lowest BCUT2D eigenvalue weighted by Gasteiger charge is -2.38. The highest BCUT2D eigenvalue weighted by Gasteiger charge is 2.27. The minimum Gasteiger partial charge on any atom is -0.378 e. The van der Waals surface area contributed by atoms with Gasteiger partial charge in [0.2, 0.25) is 0 Å². The van der Waals surface area contributed by atoms with E-state index in [1.165, 1.54) is 6.07 Å². The van der Waals surface area contributed by atoms with Crippen molar-refractivity contribution in [2.75, 3.05) is 29.9 Å². The van der Waals surface area contributed by atoms with E-state index in [0.717, 1.165) is 53.9 Å². The van der Waals surface area contributed by atoms with E-state index in [-0.39, 0.29) is 11.6 Å². The maximum atomic E-state index is 14.7. The number of para-hydroxylation sites is 1. The van der Waals surface area contributed by atoms with Gasteiger partial charge < -0.3 is 15.0 Å². The van der Waals surface area contributed by atoms with E-state index in [1.807, 2.05) is 38.1 Å². The molecule has 1 saturated heterocycles. The minimum atomic E-state index is -0.400. The minimum absolute atomic E-state index is 0.165. The zero-order valence-electron chi connectivity index (χ0n) is 21.0. The number of hydrogen-bond donors (Lipinski definition) is 1. The fraction of sp³-hybridized carbons (Fsp3) is 0.464. The highest BCUT2D eigenvalue weighted by molar-refractivity contribution is 5.88. The Bertz CT molecular complexity index is 1220. The van der Waals surface area contributed by atoms with Crippen LogP contribution in [0, 0.1) is 11.2 Å². The van der Waals surface area contributed by atoms with Crippen LogP contribution in [0.5, 0.6) is 0 Å². The number of rotatable bonds is 7. The molecule has 182 valence electrons. The Hall–Kier alpha value is -2.86. The normalized spacial score (nSPS) is 16.6. The highest BCUT2D eigenvalue weighted by Crippen LogP contribution is 2.34. The molecule has 1 N–H and O–H groups in total. The Labute approximate surface area is 201 Å². The van der Waals surface area contributed by atoms with Gasteiger partial charge >= 0.3 is 0 Å². The topological polar surface area (TPSA) is 46.5 Å². The molecule has 1 aromatic heterocycles. The van der Waals surface area contributed by atoms with Crippen molar-refractivity contribution in [3.8, 4) is 0 Å². The van der Waals surface area contributed by atoms with Gasteiger partial charge in [0.1, 0.15) is 11.6 Å². The molecule has 4 rings (SSSR count). The van der Waals surface area contributed by atoms with Crippen LogP contribution >= 0.6 is 0 Å². The van der Waals surface area contributed by atoms with Gasteiger partial charge in [0.05, 0.1) is 12.0 Å². The van der Waals surface area contributed by atoms with Gasteiger partial charge in [0.25, 0.3) is 5.56 Å². The van der Waals surface area contributed by atoms with E-state index in [0.29, 0.717) is 24.0 Å². The monoisotopic (exact) mass is 465 g/mol. The Morgan fingerprint density at radius 2 is 1.82 bits per heavy atom. The van der Waals surface area contributed by atoms with Gasteiger partial charge in [-0.15, -0.1) is 0 Å². The molecule has 1 fully saturated rings. The first-order chi connectivity index (χ1) is 16.2. The summed E-state index contributed by atoms with van der Waals surface area (Å²) >= 11 is 0. The maximum Gasteiger partial charge on any atom is 0.259 e. The number of hydrogen-bond acceptors (Lipinski definition) is 4. The smallest absolute Gasteiger partial charge is 0.259 e. The van der Waals surface area contributed by atoms with E-state index in [1.54, 1.807) is 17.7 Å². The predicted molar refractivity (Wildman–Crippen MR) is 138 cm³/mol. The second-order valence-corrected chi connectivity index (χ2v) is 10.1. The molecular weight excluding hydrogens is 429 g/mol. The molecule has 0 spiro atoms. The lowest BCUT2D eigenvalue weighted by atomic mass is 9.82. The lowest BCUT2D eigenvalue weighted by molar-refractivity contribution is 0.134. The molecular formula is C28H36FN3O2. The average molecular weight is 466 g/mol. The number of pyridine rings is 1. The molecule has 2 heterocycles. The van der Waals surface area contributed by atoms with Crippen molar-refractivity contribution >= 4 is 22.3 Å². The highest BCUT2D eigenvalue weighted by atomic mass is 19.1. The summed E-state index contributed by atoms with van der Waals surface area (Å²) in [5, 5.41) is 4.74. The Balaban J connectivity index is 1.74. The van der Waals surface area contributed by atoms with Gasteiger partial charge in [-0.3, -0.25) is 9.36 Å². The first-order valence-electron chi connectivity index (χ1n) is 12.2. The number of fused-ring (bicyclic) bond motifs is 1. The van der Waals surface area contributed by atoms with E-state index >= 15 is 0 Å². The van der Waals surface area contributed by atoms with Crippen LogP contribution in [0.2, 0.25) is 0 Å². The first-order valence-corrected chi connectivity index (χ1v) is 12.2. The number of nitrogens with one attached hydrogen (secondary N) is 1. The van der Waals surface area contributed by atoms with Crippen LogP contribution < -0.4 is 15.8 Å². The van der Waals surface area contributed by atoms with E-state index in [2.05, 4.69) is 30.1 Å². The lowest BCUT2D eigenvalue weighted by Crippen LogP contribution is -2.40. The summed E-state index contributed by atoms with van der Waals surface area (Å²) in [6.07, 6.45) is 2.15. The van der Waals surface area contributed by atoms with Gasteiger partial charge in [-0.05, 0) is 67.3 Å². The van der Waals surface area contributed by atoms with Gasteiger partial charge in [0, 0.05) is 44.0 Å². The molecule has 1 atom stereocenters. The third kappa shape index (κ3) is 4.97. The van der Waals surface area contributed by atoms with Crippen molar-refractivity contribution in [3.05, 3.63) is 69.8 Å². The predicted octanol–water partition coefficient (Wildman–Crippen LogP) is 6.01. The number of nitrogens with zero attached hydrogens (tertiary/aromatic N) is 2. The van der Waals surface area contributed by atoms with Crippen LogP contribution in [-0.4, -0.2) is 24.3 Å². The summed E-state index contributed by atoms with van der Waals surface area (Å²) in [5.41, 5.74) is 2.92. The molecule has 3 aromatic rings. The molecule has 0 saturated carbocycles. The first kappa shape index (κ1) is 24.3. The fourth-order valence-electron chi connectivity index (χ4n) is 4.80. The molecule has 34 heavy (non-hydrogen) atoms. The fourth-order valence-corrected chi connectivity index (χ4v) is 4.80. The second-order valence-electron chi connectivity index (χ2n) is 10.1. The Kier molecular flexibility index (Phi) is 6.99. The molecule has 5 nitrogen and oxygen atoms in total. The molecule has 0 aliphatic carbocycles. The van der Waals surface area contributed by atoms with Crippen LogP contribution in [-0.2, 0) is 18.4 Å². The molecule has 1 aliphatic rings. The third-order valence-corrected chi connectivity index (χ3v) is 7.09. The molecule has 0 unspecified atom stereocenters. The standard InChI is InChI=1S/C28H36FN3O2/c1-6-34-18-20-9-7-8-10-25(20)30-19(2)22-15-21(29)16-24-23(22)17-26(31(5)27(24)33)32-13-11-28(3,4)12-14-32/h7-10,15-17,19,30H,6,11-14,18H2,1-5H3/t19-/m1/s1. The molecule has 6 heteroatoms. The molecule has 0 bridgehead atoms. The summed E-state index contributed by atoms with van der Waals surface area (Å²) in [6, 6.07) is 12.8. The number of benzene rings is 2. The van der Waals surface area contributed by atoms with Crippen molar-refractivity contribution in [3.63, 3.8) is 0 Å². The van der Waals surface area contributed by atoms with E-state index in [4.69, 9.17) is 4.74 Å². The largest absolute Gasteiger partial charge is 0.378 e. The van der Waals surface area contributed by atoms with Gasteiger partial charge in [0.15, 0.2) is 0 Å². The quantitative estimate of drug-likeness (QED) is 0.464. The van der Waals surface area contributed by atoms with E-state index < -0.39 is 5.82 Å². The number of ether oxygens (including phenoxy) is 1. The maximum absolute atomic E-state index is 14.7. The van der Waals surface area contributed by atoms with Crippen molar-refractivity contribution in [1.29, 1.82) is 0 Å². The summed E-state index contributed by atoms with van der Waals surface area (Å²) in [7, 11) is 1.78. The van der Waals surface area contributed by atoms with Crippen molar-refractivity contribution < 1.29 is 9.13 Å².